The molecule has 1 atom stereocenters. The summed E-state index contributed by atoms with van der Waals surface area (Å²) < 4.78 is 11.6. The number of nitrogens with zero attached hydrogens (tertiary/aromatic N) is 2. The summed E-state index contributed by atoms with van der Waals surface area (Å²) in [5, 5.41) is 0. The first kappa shape index (κ1) is 20.9. The average Bonchev–Trinajstić information content (AvgIpc) is 3.09. The molecule has 156 valence electrons. The molecule has 0 spiro atoms. The summed E-state index contributed by atoms with van der Waals surface area (Å²) in [5.74, 6) is 1.42. The molecular weight excluding hydrogens is 354 g/mol. The van der Waals surface area contributed by atoms with Crippen LogP contribution in [0.25, 0.3) is 0 Å². The van der Waals surface area contributed by atoms with Crippen LogP contribution >= 0.6 is 0 Å². The summed E-state index contributed by atoms with van der Waals surface area (Å²) in [5.41, 5.74) is 7.34. The number of carbonyl (C=O) groups excluding carboxylic acids is 1. The van der Waals surface area contributed by atoms with Crippen LogP contribution in [0.1, 0.15) is 45.1 Å². The Kier molecular flexibility index (Phi) is 7.18. The van der Waals surface area contributed by atoms with Crippen molar-refractivity contribution in [2.75, 3.05) is 45.9 Å². The summed E-state index contributed by atoms with van der Waals surface area (Å²) in [7, 11) is 0. The summed E-state index contributed by atoms with van der Waals surface area (Å²) >= 11 is 0. The number of hydrogen-bond acceptors (Lipinski definition) is 5. The van der Waals surface area contributed by atoms with E-state index in [1.54, 1.807) is 0 Å². The Hall–Kier alpha value is -1.79. The predicted molar refractivity (Wildman–Crippen MR) is 111 cm³/mol. The number of carbonyl (C=O) groups is 1. The van der Waals surface area contributed by atoms with Gasteiger partial charge in [0, 0.05) is 26.2 Å². The molecule has 1 unspecified atom stereocenters. The molecule has 6 heteroatoms. The minimum atomic E-state index is 0.0596. The Balaban J connectivity index is 1.60. The molecule has 0 aromatic heterocycles. The maximum absolute atomic E-state index is 12.4. The quantitative estimate of drug-likeness (QED) is 0.740. The first-order chi connectivity index (χ1) is 13.5. The van der Waals surface area contributed by atoms with Gasteiger partial charge in [-0.05, 0) is 68.8 Å². The third-order valence-corrected chi connectivity index (χ3v) is 5.90. The Bertz CT molecular complexity index is 660. The lowest BCUT2D eigenvalue weighted by Gasteiger charge is -2.26. The molecule has 6 nitrogen and oxygen atoms in total. The van der Waals surface area contributed by atoms with Crippen molar-refractivity contribution in [2.24, 2.45) is 11.1 Å². The van der Waals surface area contributed by atoms with Crippen LogP contribution in [0.5, 0.6) is 11.5 Å². The topological polar surface area (TPSA) is 68.0 Å². The molecule has 2 fully saturated rings. The number of benzene rings is 1. The lowest BCUT2D eigenvalue weighted by molar-refractivity contribution is -0.134. The maximum Gasteiger partial charge on any atom is 0.260 e. The maximum atomic E-state index is 12.4. The highest BCUT2D eigenvalue weighted by atomic mass is 16.5. The zero-order valence-corrected chi connectivity index (χ0v) is 17.4. The number of hydrogen-bond donors (Lipinski definition) is 1. The van der Waals surface area contributed by atoms with Gasteiger partial charge in [0.1, 0.15) is 0 Å². The number of ether oxygens (including phenoxy) is 2. The molecule has 1 aromatic rings. The molecule has 1 aromatic carbocycles. The second-order valence-corrected chi connectivity index (χ2v) is 8.42. The van der Waals surface area contributed by atoms with E-state index in [4.69, 9.17) is 15.2 Å². The van der Waals surface area contributed by atoms with Gasteiger partial charge in [0.05, 0.1) is 6.61 Å². The second kappa shape index (κ2) is 9.61. The molecule has 2 aliphatic rings. The van der Waals surface area contributed by atoms with Gasteiger partial charge in [0.25, 0.3) is 5.91 Å². The van der Waals surface area contributed by atoms with E-state index in [0.717, 1.165) is 58.5 Å². The second-order valence-electron chi connectivity index (χ2n) is 8.42. The SMILES string of the molecule is CCOc1cc(CN2CCC(C)(CN)C2)ccc1OCC(=O)N1CCCCC1. The molecule has 0 saturated carbocycles. The van der Waals surface area contributed by atoms with Crippen LogP contribution in [0.4, 0.5) is 0 Å². The summed E-state index contributed by atoms with van der Waals surface area (Å²) in [6, 6.07) is 6.05. The van der Waals surface area contributed by atoms with E-state index >= 15 is 0 Å². The van der Waals surface area contributed by atoms with Gasteiger partial charge in [-0.25, -0.2) is 0 Å². The van der Waals surface area contributed by atoms with Gasteiger partial charge in [-0.3, -0.25) is 9.69 Å². The van der Waals surface area contributed by atoms with Gasteiger partial charge < -0.3 is 20.1 Å². The third kappa shape index (κ3) is 5.39. The number of likely N-dealkylation sites (tertiary alicyclic amines) is 2. The van der Waals surface area contributed by atoms with E-state index in [1.807, 2.05) is 24.0 Å². The van der Waals surface area contributed by atoms with Crippen molar-refractivity contribution >= 4 is 5.91 Å². The average molecular weight is 390 g/mol. The predicted octanol–water partition coefficient (Wildman–Crippen LogP) is 2.65. The van der Waals surface area contributed by atoms with Crippen molar-refractivity contribution in [3.63, 3.8) is 0 Å². The molecule has 2 heterocycles. The zero-order valence-electron chi connectivity index (χ0n) is 17.4. The van der Waals surface area contributed by atoms with Crippen molar-refractivity contribution in [2.45, 2.75) is 46.1 Å². The van der Waals surface area contributed by atoms with Crippen molar-refractivity contribution in [1.29, 1.82) is 0 Å². The van der Waals surface area contributed by atoms with Gasteiger partial charge >= 0.3 is 0 Å². The highest BCUT2D eigenvalue weighted by Gasteiger charge is 2.32. The first-order valence-corrected chi connectivity index (χ1v) is 10.6. The van der Waals surface area contributed by atoms with E-state index in [1.165, 1.54) is 12.0 Å². The van der Waals surface area contributed by atoms with Gasteiger partial charge in [-0.2, -0.15) is 0 Å². The van der Waals surface area contributed by atoms with E-state index in [-0.39, 0.29) is 17.9 Å². The Morgan fingerprint density at radius 1 is 1.14 bits per heavy atom. The monoisotopic (exact) mass is 389 g/mol. The Morgan fingerprint density at radius 3 is 2.61 bits per heavy atom. The molecule has 0 aliphatic carbocycles. The fourth-order valence-electron chi connectivity index (χ4n) is 4.10. The molecular formula is C22H35N3O3. The van der Waals surface area contributed by atoms with Gasteiger partial charge in [-0.15, -0.1) is 0 Å². The van der Waals surface area contributed by atoms with Gasteiger partial charge in [-0.1, -0.05) is 13.0 Å². The first-order valence-electron chi connectivity index (χ1n) is 10.6. The Labute approximate surface area is 169 Å². The highest BCUT2D eigenvalue weighted by Crippen LogP contribution is 2.32. The lowest BCUT2D eigenvalue weighted by atomic mass is 9.90. The number of amides is 1. The highest BCUT2D eigenvalue weighted by molar-refractivity contribution is 5.78. The standard InChI is InChI=1S/C22H35N3O3/c1-3-27-20-13-18(14-24-12-9-22(2,16-23)17-24)7-8-19(20)28-15-21(26)25-10-5-4-6-11-25/h7-8,13H,3-6,9-12,14-17,23H2,1-2H3. The zero-order chi connectivity index (χ0) is 20.0. The third-order valence-electron chi connectivity index (χ3n) is 5.90. The minimum absolute atomic E-state index is 0.0596. The van der Waals surface area contributed by atoms with Crippen molar-refractivity contribution in [3.8, 4) is 11.5 Å². The molecule has 2 N–H and O–H groups in total. The summed E-state index contributed by atoms with van der Waals surface area (Å²) in [6.07, 6.45) is 4.53. The van der Waals surface area contributed by atoms with Crippen LogP contribution < -0.4 is 15.2 Å². The van der Waals surface area contributed by atoms with Crippen LogP contribution in [-0.2, 0) is 11.3 Å². The summed E-state index contributed by atoms with van der Waals surface area (Å²) in [4.78, 5) is 16.7. The van der Waals surface area contributed by atoms with Crippen molar-refractivity contribution in [1.82, 2.24) is 9.80 Å². The Morgan fingerprint density at radius 2 is 1.93 bits per heavy atom. The van der Waals surface area contributed by atoms with Crippen LogP contribution in [-0.4, -0.2) is 61.6 Å². The number of nitrogens with two attached hydrogens (primary N) is 1. The number of piperidine rings is 1. The molecule has 0 bridgehead atoms. The smallest absolute Gasteiger partial charge is 0.260 e. The van der Waals surface area contributed by atoms with E-state index in [9.17, 15) is 4.79 Å². The van der Waals surface area contributed by atoms with Crippen LogP contribution in [0.2, 0.25) is 0 Å². The minimum Gasteiger partial charge on any atom is -0.490 e. The molecule has 2 saturated heterocycles. The largest absolute Gasteiger partial charge is 0.490 e. The summed E-state index contributed by atoms with van der Waals surface area (Å²) in [6.45, 7) is 10.2. The van der Waals surface area contributed by atoms with E-state index in [0.29, 0.717) is 18.1 Å². The van der Waals surface area contributed by atoms with E-state index < -0.39 is 0 Å². The van der Waals surface area contributed by atoms with Crippen molar-refractivity contribution < 1.29 is 14.3 Å². The lowest BCUT2D eigenvalue weighted by Crippen LogP contribution is -2.38. The molecule has 28 heavy (non-hydrogen) atoms. The van der Waals surface area contributed by atoms with Gasteiger partial charge in [0.2, 0.25) is 0 Å². The van der Waals surface area contributed by atoms with Crippen molar-refractivity contribution in [3.05, 3.63) is 23.8 Å². The van der Waals surface area contributed by atoms with Gasteiger partial charge in [0.15, 0.2) is 18.1 Å². The van der Waals surface area contributed by atoms with Crippen LogP contribution in [0, 0.1) is 5.41 Å². The van der Waals surface area contributed by atoms with Crippen LogP contribution in [0.3, 0.4) is 0 Å². The molecule has 1 amide bonds. The molecule has 3 rings (SSSR count). The fourth-order valence-corrected chi connectivity index (χ4v) is 4.10. The fraction of sp³-hybridized carbons (Fsp3) is 0.682. The van der Waals surface area contributed by atoms with E-state index in [2.05, 4.69) is 17.9 Å². The molecule has 2 aliphatic heterocycles. The normalized spacial score (nSPS) is 23.0. The van der Waals surface area contributed by atoms with Crippen LogP contribution in [0.15, 0.2) is 18.2 Å². The number of rotatable bonds is 8. The molecule has 0 radical (unpaired) electrons.